The maximum Gasteiger partial charge on any atom is 0.122 e. The topological polar surface area (TPSA) is 90.2 Å². The van der Waals surface area contributed by atoms with Crippen molar-refractivity contribution in [2.75, 3.05) is 6.61 Å². The van der Waals surface area contributed by atoms with Crippen LogP contribution in [0, 0.1) is 0 Å². The molecule has 152 valence electrons. The van der Waals surface area contributed by atoms with E-state index in [1.165, 1.54) is 15.0 Å². The van der Waals surface area contributed by atoms with Crippen molar-refractivity contribution in [3.8, 4) is 5.75 Å². The van der Waals surface area contributed by atoms with Gasteiger partial charge in [0.2, 0.25) is 0 Å². The highest BCUT2D eigenvalue weighted by atomic mass is 32.1. The molecule has 0 aliphatic carbocycles. The fraction of sp³-hybridized carbons (Fsp3) is 0.304. The summed E-state index contributed by atoms with van der Waals surface area (Å²) in [4.78, 5) is 1.17. The first-order chi connectivity index (χ1) is 14.0. The average molecular weight is 413 g/mol. The number of hydrogen-bond donors (Lipinski definition) is 4. The van der Waals surface area contributed by atoms with Crippen molar-refractivity contribution in [3.63, 3.8) is 0 Å². The summed E-state index contributed by atoms with van der Waals surface area (Å²) < 4.78 is 6.98. The molecule has 4 N–H and O–H groups in total. The van der Waals surface area contributed by atoms with Crippen LogP contribution >= 0.6 is 11.3 Å². The van der Waals surface area contributed by atoms with Gasteiger partial charge in [0.05, 0.1) is 18.8 Å². The summed E-state index contributed by atoms with van der Waals surface area (Å²) in [5, 5.41) is 41.8. The first kappa shape index (κ1) is 20.1. The highest BCUT2D eigenvalue weighted by molar-refractivity contribution is 7.19. The summed E-state index contributed by atoms with van der Waals surface area (Å²) >= 11 is 1.71. The lowest BCUT2D eigenvalue weighted by Gasteiger charge is -2.37. The molecular formula is C23H24O5S. The molecule has 1 aromatic heterocycles. The minimum Gasteiger partial charge on any atom is -0.508 e. The van der Waals surface area contributed by atoms with Gasteiger partial charge in [-0.3, -0.25) is 0 Å². The lowest BCUT2D eigenvalue weighted by molar-refractivity contribution is -0.180. The lowest BCUT2D eigenvalue weighted by atomic mass is 9.90. The molecule has 0 bridgehead atoms. The number of thiophene rings is 1. The van der Waals surface area contributed by atoms with Crippen LogP contribution in [0.2, 0.25) is 0 Å². The van der Waals surface area contributed by atoms with E-state index in [1.54, 1.807) is 29.5 Å². The van der Waals surface area contributed by atoms with E-state index in [9.17, 15) is 20.4 Å². The molecule has 1 saturated heterocycles. The van der Waals surface area contributed by atoms with Gasteiger partial charge in [-0.1, -0.05) is 30.9 Å². The Kier molecular flexibility index (Phi) is 5.72. The summed E-state index contributed by atoms with van der Waals surface area (Å²) in [5.74, 6) is -0.0326. The van der Waals surface area contributed by atoms with Crippen LogP contribution in [-0.2, 0) is 11.2 Å². The Bertz CT molecular complexity index is 994. The maximum absolute atomic E-state index is 10.6. The molecule has 6 heteroatoms. The molecule has 1 aliphatic rings. The minimum atomic E-state index is -1.18. The van der Waals surface area contributed by atoms with Crippen molar-refractivity contribution >= 4 is 27.5 Å². The quantitative estimate of drug-likeness (QED) is 0.516. The molecule has 3 aromatic rings. The smallest absolute Gasteiger partial charge is 0.122 e. The van der Waals surface area contributed by atoms with Crippen LogP contribution in [0.1, 0.15) is 34.1 Å². The highest BCUT2D eigenvalue weighted by Crippen LogP contribution is 2.39. The Balaban J connectivity index is 1.71. The SMILES string of the molecule is C=Cc1cc(O)c([C@@H]2O[C@H](CO)C[C@H](O)C2O)cc1Cc1cc2ccccc2s1. The molecule has 5 nitrogen and oxygen atoms in total. The standard InChI is InChI=1S/C23H24O5S/c1-2-13-10-19(25)18(23-22(27)20(26)11-16(12-24)28-23)9-15(13)8-17-7-14-5-3-4-6-21(14)29-17/h2-7,9-10,16,20,22-27H,1,8,11-12H2/t16-,20-,22?,23-/m0/s1. The molecule has 0 saturated carbocycles. The van der Waals surface area contributed by atoms with Crippen molar-refractivity contribution in [2.24, 2.45) is 0 Å². The van der Waals surface area contributed by atoms with E-state index in [1.807, 2.05) is 12.1 Å². The first-order valence-electron chi connectivity index (χ1n) is 9.58. The van der Waals surface area contributed by atoms with E-state index in [2.05, 4.69) is 24.8 Å². The number of aliphatic hydroxyl groups excluding tert-OH is 3. The number of phenols is 1. The van der Waals surface area contributed by atoms with Gasteiger partial charge in [-0.05, 0) is 40.8 Å². The summed E-state index contributed by atoms with van der Waals surface area (Å²) in [6.07, 6.45) is -1.25. The van der Waals surface area contributed by atoms with E-state index in [4.69, 9.17) is 4.74 Å². The van der Waals surface area contributed by atoms with Gasteiger partial charge in [0.15, 0.2) is 0 Å². The van der Waals surface area contributed by atoms with Gasteiger partial charge in [-0.25, -0.2) is 0 Å². The van der Waals surface area contributed by atoms with Crippen molar-refractivity contribution in [1.82, 2.24) is 0 Å². The number of ether oxygens (including phenoxy) is 1. The molecule has 1 aliphatic heterocycles. The molecule has 0 amide bonds. The molecule has 0 spiro atoms. The molecule has 1 unspecified atom stereocenters. The summed E-state index contributed by atoms with van der Waals surface area (Å²) in [6, 6.07) is 13.7. The van der Waals surface area contributed by atoms with E-state index in [0.717, 1.165) is 11.1 Å². The van der Waals surface area contributed by atoms with Crippen LogP contribution in [0.3, 0.4) is 0 Å². The van der Waals surface area contributed by atoms with Crippen LogP contribution in [-0.4, -0.2) is 45.3 Å². The van der Waals surface area contributed by atoms with Gasteiger partial charge >= 0.3 is 0 Å². The predicted molar refractivity (Wildman–Crippen MR) is 114 cm³/mol. The lowest BCUT2D eigenvalue weighted by Crippen LogP contribution is -2.44. The van der Waals surface area contributed by atoms with Gasteiger partial charge in [-0.2, -0.15) is 0 Å². The van der Waals surface area contributed by atoms with Gasteiger partial charge in [0.25, 0.3) is 0 Å². The zero-order chi connectivity index (χ0) is 20.5. The predicted octanol–water partition coefficient (Wildman–Crippen LogP) is 3.38. The van der Waals surface area contributed by atoms with Crippen LogP contribution in [0.4, 0.5) is 0 Å². The van der Waals surface area contributed by atoms with E-state index in [-0.39, 0.29) is 18.8 Å². The number of phenolic OH excluding ortho intramolecular Hbond substituents is 1. The highest BCUT2D eigenvalue weighted by Gasteiger charge is 2.38. The minimum absolute atomic E-state index is 0.0326. The molecule has 0 radical (unpaired) electrons. The van der Waals surface area contributed by atoms with Gasteiger partial charge in [-0.15, -0.1) is 11.3 Å². The number of aliphatic hydroxyl groups is 3. The number of benzene rings is 2. The Labute approximate surface area is 173 Å². The molecule has 4 rings (SSSR count). The van der Waals surface area contributed by atoms with E-state index < -0.39 is 24.4 Å². The maximum atomic E-state index is 10.6. The molecule has 1 fully saturated rings. The Hall–Kier alpha value is -2.22. The van der Waals surface area contributed by atoms with Crippen LogP contribution in [0.5, 0.6) is 5.75 Å². The largest absolute Gasteiger partial charge is 0.508 e. The number of aromatic hydroxyl groups is 1. The molecule has 2 heterocycles. The fourth-order valence-electron chi connectivity index (χ4n) is 3.88. The van der Waals surface area contributed by atoms with Crippen LogP contribution < -0.4 is 0 Å². The zero-order valence-corrected chi connectivity index (χ0v) is 16.7. The fourth-order valence-corrected chi connectivity index (χ4v) is 4.97. The van der Waals surface area contributed by atoms with E-state index >= 15 is 0 Å². The van der Waals surface area contributed by atoms with Crippen molar-refractivity contribution in [1.29, 1.82) is 0 Å². The number of rotatable bonds is 5. The van der Waals surface area contributed by atoms with Gasteiger partial charge in [0, 0.05) is 28.0 Å². The summed E-state index contributed by atoms with van der Waals surface area (Å²) in [7, 11) is 0. The second kappa shape index (κ2) is 8.26. The summed E-state index contributed by atoms with van der Waals surface area (Å²) in [5.41, 5.74) is 2.14. The van der Waals surface area contributed by atoms with Crippen LogP contribution in [0.25, 0.3) is 16.2 Å². The Morgan fingerprint density at radius 1 is 1.17 bits per heavy atom. The number of fused-ring (bicyclic) bond motifs is 1. The van der Waals surface area contributed by atoms with Crippen molar-refractivity contribution in [2.45, 2.75) is 37.3 Å². The average Bonchev–Trinajstić information content (AvgIpc) is 3.13. The van der Waals surface area contributed by atoms with Gasteiger partial charge in [0.1, 0.15) is 18.0 Å². The monoisotopic (exact) mass is 412 g/mol. The molecule has 2 aromatic carbocycles. The van der Waals surface area contributed by atoms with Gasteiger partial charge < -0.3 is 25.2 Å². The third kappa shape index (κ3) is 3.95. The van der Waals surface area contributed by atoms with Crippen molar-refractivity contribution < 1.29 is 25.2 Å². The normalized spacial score (nSPS) is 24.7. The number of hydrogen-bond acceptors (Lipinski definition) is 6. The second-order valence-corrected chi connectivity index (χ2v) is 8.56. The zero-order valence-electron chi connectivity index (χ0n) is 15.9. The van der Waals surface area contributed by atoms with Crippen molar-refractivity contribution in [3.05, 3.63) is 70.6 Å². The third-order valence-electron chi connectivity index (χ3n) is 5.41. The molecule has 4 atom stereocenters. The third-order valence-corrected chi connectivity index (χ3v) is 6.52. The Morgan fingerprint density at radius 3 is 2.69 bits per heavy atom. The second-order valence-electron chi connectivity index (χ2n) is 7.40. The first-order valence-corrected chi connectivity index (χ1v) is 10.4. The van der Waals surface area contributed by atoms with E-state index in [0.29, 0.717) is 12.0 Å². The molecule has 29 heavy (non-hydrogen) atoms. The molecular weight excluding hydrogens is 388 g/mol. The van der Waals surface area contributed by atoms with Crippen LogP contribution in [0.15, 0.2) is 49.0 Å². The summed E-state index contributed by atoms with van der Waals surface area (Å²) in [6.45, 7) is 3.59. The Morgan fingerprint density at radius 2 is 1.97 bits per heavy atom.